The van der Waals surface area contributed by atoms with E-state index in [1.54, 1.807) is 0 Å². The summed E-state index contributed by atoms with van der Waals surface area (Å²) in [6.45, 7) is 4.21. The zero-order valence-electron chi connectivity index (χ0n) is 21.5. The second kappa shape index (κ2) is 10.2. The topological polar surface area (TPSA) is 38.7 Å². The van der Waals surface area contributed by atoms with Crippen molar-refractivity contribution in [2.45, 2.75) is 13.8 Å². The van der Waals surface area contributed by atoms with Crippen LogP contribution in [-0.2, 0) is 0 Å². The number of hydrogen-bond donors (Lipinski definition) is 0. The lowest BCUT2D eigenvalue weighted by Crippen LogP contribution is -2.00. The molecule has 0 aliphatic carbocycles. The summed E-state index contributed by atoms with van der Waals surface area (Å²) < 4.78 is 0. The van der Waals surface area contributed by atoms with E-state index < -0.39 is 0 Å². The van der Waals surface area contributed by atoms with Crippen molar-refractivity contribution >= 4 is 0 Å². The molecule has 0 atom stereocenters. The molecule has 3 heteroatoms. The van der Waals surface area contributed by atoms with E-state index in [4.69, 9.17) is 15.0 Å². The molecule has 182 valence electrons. The van der Waals surface area contributed by atoms with E-state index in [2.05, 4.69) is 111 Å². The molecular weight excluding hydrogens is 462 g/mol. The normalized spacial score (nSPS) is 10.9. The molecule has 0 fully saturated rings. The highest BCUT2D eigenvalue weighted by atomic mass is 15.0. The number of aromatic nitrogens is 3. The van der Waals surface area contributed by atoms with Gasteiger partial charge in [0, 0.05) is 16.7 Å². The fourth-order valence-electron chi connectivity index (χ4n) is 4.52. The van der Waals surface area contributed by atoms with Crippen molar-refractivity contribution < 1.29 is 0 Å². The highest BCUT2D eigenvalue weighted by Gasteiger charge is 2.13. The van der Waals surface area contributed by atoms with Crippen molar-refractivity contribution in [3.8, 4) is 56.4 Å². The number of aryl methyl sites for hydroxylation is 2. The van der Waals surface area contributed by atoms with Gasteiger partial charge in [-0.1, -0.05) is 126 Å². The van der Waals surface area contributed by atoms with Crippen molar-refractivity contribution in [1.82, 2.24) is 15.0 Å². The van der Waals surface area contributed by atoms with Gasteiger partial charge in [-0.05, 0) is 48.2 Å². The van der Waals surface area contributed by atoms with E-state index in [1.165, 1.54) is 22.3 Å². The van der Waals surface area contributed by atoms with Crippen LogP contribution in [0.15, 0.2) is 127 Å². The largest absolute Gasteiger partial charge is 0.208 e. The summed E-state index contributed by atoms with van der Waals surface area (Å²) in [7, 11) is 0. The van der Waals surface area contributed by atoms with Gasteiger partial charge in [0.2, 0.25) is 0 Å². The minimum absolute atomic E-state index is 0.656. The SMILES string of the molecule is Cc1ccc(-c2cccc(-c3nc(-c4ccccc4)nc(-c4cccc(-c5ccc(C)cc5)c4)n3)c2)cc1. The summed E-state index contributed by atoms with van der Waals surface area (Å²) in [5.41, 5.74) is 9.96. The lowest BCUT2D eigenvalue weighted by Gasteiger charge is -2.11. The standard InChI is InChI=1S/C35H27N3/c1-24-14-18-26(19-15-24)29-10-6-12-31(22-29)34-36-33(28-8-4-3-5-9-28)37-35(38-34)32-13-7-11-30(23-32)27-20-16-25(2)17-21-27/h3-23H,1-2H3. The Hall–Kier alpha value is -4.89. The van der Waals surface area contributed by atoms with E-state index in [9.17, 15) is 0 Å². The first kappa shape index (κ1) is 23.5. The van der Waals surface area contributed by atoms with Gasteiger partial charge in [-0.15, -0.1) is 0 Å². The lowest BCUT2D eigenvalue weighted by molar-refractivity contribution is 1.07. The predicted octanol–water partition coefficient (Wildman–Crippen LogP) is 8.82. The predicted molar refractivity (Wildman–Crippen MR) is 156 cm³/mol. The molecule has 1 aromatic heterocycles. The first-order chi connectivity index (χ1) is 18.6. The Labute approximate surface area is 223 Å². The van der Waals surface area contributed by atoms with Gasteiger partial charge in [-0.3, -0.25) is 0 Å². The smallest absolute Gasteiger partial charge is 0.164 e. The monoisotopic (exact) mass is 489 g/mol. The second-order valence-electron chi connectivity index (χ2n) is 9.57. The van der Waals surface area contributed by atoms with Crippen molar-refractivity contribution in [3.05, 3.63) is 139 Å². The molecule has 38 heavy (non-hydrogen) atoms. The molecule has 0 bridgehead atoms. The zero-order valence-corrected chi connectivity index (χ0v) is 21.5. The number of nitrogens with zero attached hydrogens (tertiary/aromatic N) is 3. The van der Waals surface area contributed by atoms with Gasteiger partial charge in [0.25, 0.3) is 0 Å². The fraction of sp³-hybridized carbons (Fsp3) is 0.0571. The number of benzene rings is 5. The van der Waals surface area contributed by atoms with Crippen molar-refractivity contribution in [2.24, 2.45) is 0 Å². The molecule has 0 aliphatic heterocycles. The van der Waals surface area contributed by atoms with Crippen LogP contribution >= 0.6 is 0 Å². The Kier molecular flexibility index (Phi) is 6.33. The number of hydrogen-bond acceptors (Lipinski definition) is 3. The summed E-state index contributed by atoms with van der Waals surface area (Å²) in [5, 5.41) is 0. The van der Waals surface area contributed by atoms with Crippen LogP contribution < -0.4 is 0 Å². The summed E-state index contributed by atoms with van der Waals surface area (Å²) in [6.07, 6.45) is 0. The van der Waals surface area contributed by atoms with E-state index in [0.29, 0.717) is 17.5 Å². The van der Waals surface area contributed by atoms with Crippen LogP contribution in [0.3, 0.4) is 0 Å². The van der Waals surface area contributed by atoms with Gasteiger partial charge in [-0.25, -0.2) is 15.0 Å². The Morgan fingerprint density at radius 1 is 0.316 bits per heavy atom. The average molecular weight is 490 g/mol. The molecule has 0 saturated carbocycles. The molecule has 0 radical (unpaired) electrons. The minimum atomic E-state index is 0.656. The third kappa shape index (κ3) is 5.00. The zero-order chi connectivity index (χ0) is 25.9. The maximum atomic E-state index is 4.97. The molecule has 0 spiro atoms. The molecule has 0 unspecified atom stereocenters. The van der Waals surface area contributed by atoms with Gasteiger partial charge >= 0.3 is 0 Å². The van der Waals surface area contributed by atoms with Gasteiger partial charge in [0.05, 0.1) is 0 Å². The van der Waals surface area contributed by atoms with Crippen LogP contribution in [0.4, 0.5) is 0 Å². The van der Waals surface area contributed by atoms with Crippen LogP contribution in [0.2, 0.25) is 0 Å². The third-order valence-electron chi connectivity index (χ3n) is 6.68. The maximum absolute atomic E-state index is 4.97. The first-order valence-corrected chi connectivity index (χ1v) is 12.8. The highest BCUT2D eigenvalue weighted by Crippen LogP contribution is 2.30. The molecule has 0 N–H and O–H groups in total. The molecule has 1 heterocycles. The summed E-state index contributed by atoms with van der Waals surface area (Å²) in [6, 6.07) is 44.1. The van der Waals surface area contributed by atoms with Crippen molar-refractivity contribution in [2.75, 3.05) is 0 Å². The Balaban J connectivity index is 1.48. The van der Waals surface area contributed by atoms with Gasteiger partial charge < -0.3 is 0 Å². The van der Waals surface area contributed by atoms with Crippen LogP contribution in [0.25, 0.3) is 56.4 Å². The van der Waals surface area contributed by atoms with E-state index in [0.717, 1.165) is 27.8 Å². The average Bonchev–Trinajstić information content (AvgIpc) is 2.98. The van der Waals surface area contributed by atoms with Crippen molar-refractivity contribution in [3.63, 3.8) is 0 Å². The van der Waals surface area contributed by atoms with Crippen LogP contribution in [-0.4, -0.2) is 15.0 Å². The quantitative estimate of drug-likeness (QED) is 0.243. The van der Waals surface area contributed by atoms with E-state index >= 15 is 0 Å². The molecule has 0 saturated heterocycles. The number of rotatable bonds is 5. The van der Waals surface area contributed by atoms with E-state index in [1.807, 2.05) is 30.3 Å². The second-order valence-corrected chi connectivity index (χ2v) is 9.57. The van der Waals surface area contributed by atoms with E-state index in [-0.39, 0.29) is 0 Å². The van der Waals surface area contributed by atoms with Crippen LogP contribution in [0, 0.1) is 13.8 Å². The Bertz CT molecular complexity index is 1600. The van der Waals surface area contributed by atoms with Gasteiger partial charge in [0.15, 0.2) is 17.5 Å². The fourth-order valence-corrected chi connectivity index (χ4v) is 4.52. The third-order valence-corrected chi connectivity index (χ3v) is 6.68. The molecule has 0 aliphatic rings. The molecule has 3 nitrogen and oxygen atoms in total. The van der Waals surface area contributed by atoms with Gasteiger partial charge in [-0.2, -0.15) is 0 Å². The molecular formula is C35H27N3. The lowest BCUT2D eigenvalue weighted by atomic mass is 10.0. The minimum Gasteiger partial charge on any atom is -0.208 e. The summed E-state index contributed by atoms with van der Waals surface area (Å²) in [5.74, 6) is 1.97. The maximum Gasteiger partial charge on any atom is 0.164 e. The molecule has 6 aromatic rings. The Morgan fingerprint density at radius 2 is 0.684 bits per heavy atom. The molecule has 6 rings (SSSR count). The van der Waals surface area contributed by atoms with Crippen molar-refractivity contribution in [1.29, 1.82) is 0 Å². The van der Waals surface area contributed by atoms with Crippen LogP contribution in [0.1, 0.15) is 11.1 Å². The van der Waals surface area contributed by atoms with Crippen LogP contribution in [0.5, 0.6) is 0 Å². The molecule has 0 amide bonds. The summed E-state index contributed by atoms with van der Waals surface area (Å²) >= 11 is 0. The highest BCUT2D eigenvalue weighted by molar-refractivity contribution is 5.74. The first-order valence-electron chi connectivity index (χ1n) is 12.8. The Morgan fingerprint density at radius 3 is 1.13 bits per heavy atom. The molecule has 5 aromatic carbocycles. The van der Waals surface area contributed by atoms with Gasteiger partial charge in [0.1, 0.15) is 0 Å². The summed E-state index contributed by atoms with van der Waals surface area (Å²) in [4.78, 5) is 14.8.